The molecule has 0 saturated heterocycles. The fourth-order valence-corrected chi connectivity index (χ4v) is 1.48. The molecule has 1 unspecified atom stereocenters. The van der Waals surface area contributed by atoms with Gasteiger partial charge in [0.25, 0.3) is 10.1 Å². The Bertz CT molecular complexity index is 357. The van der Waals surface area contributed by atoms with Crippen LogP contribution >= 0.6 is 0 Å². The molecule has 7 nitrogen and oxygen atoms in total. The van der Waals surface area contributed by atoms with Crippen LogP contribution in [0.2, 0.25) is 0 Å². The van der Waals surface area contributed by atoms with Gasteiger partial charge in [-0.25, -0.2) is 0 Å². The number of carbonyl (C=O) groups excluding carboxylic acids is 1. The molecule has 0 aromatic carbocycles. The standard InChI is InChI=1S/C8H14O7S/c1-5(2)4-15-8(11)6(3-7(9)10)16(12,13)14/h5-6H,3-4H2,1-2H3,(H,9,10)(H,12,13,14). The van der Waals surface area contributed by atoms with Crippen LogP contribution in [0.3, 0.4) is 0 Å². The van der Waals surface area contributed by atoms with E-state index in [0.29, 0.717) is 0 Å². The molecule has 0 bridgehead atoms. The highest BCUT2D eigenvalue weighted by atomic mass is 32.2. The molecule has 2 N–H and O–H groups in total. The monoisotopic (exact) mass is 254 g/mol. The lowest BCUT2D eigenvalue weighted by atomic mass is 10.2. The Kier molecular flexibility index (Phi) is 5.39. The van der Waals surface area contributed by atoms with Crippen LogP contribution in [-0.4, -0.2) is 41.9 Å². The van der Waals surface area contributed by atoms with E-state index in [-0.39, 0.29) is 12.5 Å². The Balaban J connectivity index is 4.65. The number of esters is 1. The lowest BCUT2D eigenvalue weighted by molar-refractivity contribution is -0.148. The van der Waals surface area contributed by atoms with Gasteiger partial charge in [-0.15, -0.1) is 0 Å². The normalized spacial score (nSPS) is 13.5. The SMILES string of the molecule is CC(C)COC(=O)C(CC(=O)O)S(=O)(=O)O. The number of carboxylic acids is 1. The van der Waals surface area contributed by atoms with Gasteiger partial charge in [-0.1, -0.05) is 13.8 Å². The van der Waals surface area contributed by atoms with Crippen molar-refractivity contribution < 1.29 is 32.4 Å². The van der Waals surface area contributed by atoms with E-state index in [2.05, 4.69) is 4.74 Å². The predicted octanol–water partition coefficient (Wildman–Crippen LogP) is -0.0833. The van der Waals surface area contributed by atoms with E-state index in [1.54, 1.807) is 13.8 Å². The first-order valence-electron chi connectivity index (χ1n) is 4.49. The molecule has 0 saturated carbocycles. The van der Waals surface area contributed by atoms with Crippen molar-refractivity contribution in [3.05, 3.63) is 0 Å². The average molecular weight is 254 g/mol. The zero-order valence-corrected chi connectivity index (χ0v) is 9.73. The molecule has 0 aliphatic heterocycles. The molecule has 0 spiro atoms. The highest BCUT2D eigenvalue weighted by Gasteiger charge is 2.34. The smallest absolute Gasteiger partial charge is 0.327 e. The van der Waals surface area contributed by atoms with Crippen LogP contribution in [-0.2, 0) is 24.4 Å². The molecule has 0 aliphatic carbocycles. The maximum Gasteiger partial charge on any atom is 0.327 e. The molecule has 0 amide bonds. The molecule has 1 atom stereocenters. The summed E-state index contributed by atoms with van der Waals surface area (Å²) in [6, 6.07) is 0. The van der Waals surface area contributed by atoms with Crippen molar-refractivity contribution in [2.75, 3.05) is 6.61 Å². The molecule has 0 aliphatic rings. The van der Waals surface area contributed by atoms with E-state index in [9.17, 15) is 18.0 Å². The van der Waals surface area contributed by atoms with Gasteiger partial charge >= 0.3 is 11.9 Å². The fraction of sp³-hybridized carbons (Fsp3) is 0.750. The van der Waals surface area contributed by atoms with E-state index >= 15 is 0 Å². The predicted molar refractivity (Wildman–Crippen MR) is 53.4 cm³/mol. The van der Waals surface area contributed by atoms with Crippen molar-refractivity contribution in [2.24, 2.45) is 5.92 Å². The van der Waals surface area contributed by atoms with Crippen LogP contribution < -0.4 is 0 Å². The molecular formula is C8H14O7S. The fourth-order valence-electron chi connectivity index (χ4n) is 0.811. The van der Waals surface area contributed by atoms with Gasteiger partial charge in [0.05, 0.1) is 13.0 Å². The van der Waals surface area contributed by atoms with Gasteiger partial charge in [-0.2, -0.15) is 8.42 Å². The summed E-state index contributed by atoms with van der Waals surface area (Å²) in [7, 11) is -4.76. The maximum absolute atomic E-state index is 11.2. The zero-order chi connectivity index (χ0) is 12.9. The molecule has 0 aromatic heterocycles. The summed E-state index contributed by atoms with van der Waals surface area (Å²) >= 11 is 0. The van der Waals surface area contributed by atoms with Gasteiger partial charge < -0.3 is 9.84 Å². The molecule has 0 rings (SSSR count). The minimum atomic E-state index is -4.76. The minimum Gasteiger partial charge on any atom is -0.481 e. The second-order valence-corrected chi connectivity index (χ2v) is 5.22. The number of ether oxygens (including phenoxy) is 1. The van der Waals surface area contributed by atoms with Crippen LogP contribution in [0.25, 0.3) is 0 Å². The van der Waals surface area contributed by atoms with Crippen LogP contribution in [0.4, 0.5) is 0 Å². The molecule has 8 heteroatoms. The highest BCUT2D eigenvalue weighted by Crippen LogP contribution is 2.08. The summed E-state index contributed by atoms with van der Waals surface area (Å²) in [5, 5.41) is 6.32. The van der Waals surface area contributed by atoms with Crippen LogP contribution in [0.1, 0.15) is 20.3 Å². The molecule has 94 valence electrons. The third-order valence-electron chi connectivity index (χ3n) is 1.54. The second kappa shape index (κ2) is 5.80. The van der Waals surface area contributed by atoms with Gasteiger partial charge in [0.1, 0.15) is 0 Å². The third kappa shape index (κ3) is 5.66. The first kappa shape index (κ1) is 14.8. The zero-order valence-electron chi connectivity index (χ0n) is 8.91. The molecule has 0 aromatic rings. The summed E-state index contributed by atoms with van der Waals surface area (Å²) in [6.45, 7) is 3.42. The van der Waals surface area contributed by atoms with Crippen molar-refractivity contribution in [1.82, 2.24) is 0 Å². The van der Waals surface area contributed by atoms with E-state index in [4.69, 9.17) is 9.66 Å². The van der Waals surface area contributed by atoms with Crippen LogP contribution in [0, 0.1) is 5.92 Å². The number of carboxylic acid groups (broad SMARTS) is 1. The van der Waals surface area contributed by atoms with Crippen molar-refractivity contribution in [3.8, 4) is 0 Å². The maximum atomic E-state index is 11.2. The number of rotatable bonds is 6. The second-order valence-electron chi connectivity index (χ2n) is 3.63. The Labute approximate surface area is 93.2 Å². The van der Waals surface area contributed by atoms with Crippen molar-refractivity contribution in [3.63, 3.8) is 0 Å². The van der Waals surface area contributed by atoms with Gasteiger partial charge in [0, 0.05) is 0 Å². The molecule has 16 heavy (non-hydrogen) atoms. The minimum absolute atomic E-state index is 0.0178. The van der Waals surface area contributed by atoms with Gasteiger partial charge in [0.15, 0.2) is 5.25 Å². The topological polar surface area (TPSA) is 118 Å². The lowest BCUT2D eigenvalue weighted by Crippen LogP contribution is -2.34. The van der Waals surface area contributed by atoms with Crippen LogP contribution in [0.15, 0.2) is 0 Å². The van der Waals surface area contributed by atoms with Gasteiger partial charge in [-0.05, 0) is 5.92 Å². The van der Waals surface area contributed by atoms with E-state index in [0.717, 1.165) is 0 Å². The van der Waals surface area contributed by atoms with Crippen molar-refractivity contribution in [2.45, 2.75) is 25.5 Å². The number of carbonyl (C=O) groups is 2. The summed E-state index contributed by atoms with van der Waals surface area (Å²) in [6.07, 6.45) is -1.02. The van der Waals surface area contributed by atoms with E-state index in [1.165, 1.54) is 0 Å². The van der Waals surface area contributed by atoms with E-state index < -0.39 is 33.7 Å². The molecule has 0 fully saturated rings. The summed E-state index contributed by atoms with van der Waals surface area (Å²) in [5.41, 5.74) is 0. The summed E-state index contributed by atoms with van der Waals surface area (Å²) < 4.78 is 34.7. The molecule has 0 radical (unpaired) electrons. The largest absolute Gasteiger partial charge is 0.481 e. The van der Waals surface area contributed by atoms with Gasteiger partial charge in [-0.3, -0.25) is 14.1 Å². The third-order valence-corrected chi connectivity index (χ3v) is 2.62. The lowest BCUT2D eigenvalue weighted by Gasteiger charge is -2.12. The van der Waals surface area contributed by atoms with E-state index in [1.807, 2.05) is 0 Å². The Morgan fingerprint density at radius 2 is 1.81 bits per heavy atom. The average Bonchev–Trinajstić information content (AvgIpc) is 2.08. The first-order chi connectivity index (χ1) is 7.14. The Morgan fingerprint density at radius 3 is 2.12 bits per heavy atom. The summed E-state index contributed by atoms with van der Waals surface area (Å²) in [4.78, 5) is 21.5. The highest BCUT2D eigenvalue weighted by molar-refractivity contribution is 7.87. The van der Waals surface area contributed by atoms with Crippen LogP contribution in [0.5, 0.6) is 0 Å². The number of hydrogen-bond acceptors (Lipinski definition) is 5. The quantitative estimate of drug-likeness (QED) is 0.502. The number of hydrogen-bond donors (Lipinski definition) is 2. The van der Waals surface area contributed by atoms with Crippen molar-refractivity contribution >= 4 is 22.1 Å². The Hall–Kier alpha value is -1.15. The first-order valence-corrected chi connectivity index (χ1v) is 5.99. The molecular weight excluding hydrogens is 240 g/mol. The Morgan fingerprint density at radius 1 is 1.31 bits per heavy atom. The van der Waals surface area contributed by atoms with Gasteiger partial charge in [0.2, 0.25) is 0 Å². The summed E-state index contributed by atoms with van der Waals surface area (Å²) in [5.74, 6) is -2.78. The van der Waals surface area contributed by atoms with Crippen molar-refractivity contribution in [1.29, 1.82) is 0 Å². The number of aliphatic carboxylic acids is 1. The molecule has 0 heterocycles.